The topological polar surface area (TPSA) is 86.7 Å². The van der Waals surface area contributed by atoms with Crippen molar-refractivity contribution < 1.29 is 18.3 Å². The fourth-order valence-corrected chi connectivity index (χ4v) is 3.18. The molecule has 2 N–H and O–H groups in total. The van der Waals surface area contributed by atoms with Gasteiger partial charge < -0.3 is 10.0 Å². The minimum atomic E-state index is -3.45. The molecule has 0 radical (unpaired) electrons. The zero-order valence-corrected chi connectivity index (χ0v) is 12.1. The Hall–Kier alpha value is -1.60. The molecule has 0 spiro atoms. The molecular weight excluding hydrogens is 280 g/mol. The second-order valence-electron chi connectivity index (χ2n) is 4.80. The first-order chi connectivity index (χ1) is 9.42. The van der Waals surface area contributed by atoms with Crippen molar-refractivity contribution in [3.05, 3.63) is 24.3 Å². The summed E-state index contributed by atoms with van der Waals surface area (Å²) >= 11 is 0. The van der Waals surface area contributed by atoms with Gasteiger partial charge >= 0.3 is 5.97 Å². The van der Waals surface area contributed by atoms with E-state index in [-0.39, 0.29) is 17.5 Å². The lowest BCUT2D eigenvalue weighted by molar-refractivity contribution is -0.135. The van der Waals surface area contributed by atoms with Crippen LogP contribution in [-0.4, -0.2) is 38.6 Å². The van der Waals surface area contributed by atoms with Crippen LogP contribution in [0.2, 0.25) is 0 Å². The van der Waals surface area contributed by atoms with E-state index in [0.717, 1.165) is 12.8 Å². The molecule has 1 aromatic carbocycles. The molecule has 0 unspecified atom stereocenters. The molecule has 0 amide bonds. The third-order valence-corrected chi connectivity index (χ3v) is 4.66. The van der Waals surface area contributed by atoms with E-state index in [1.54, 1.807) is 17.0 Å². The molecule has 1 aliphatic rings. The van der Waals surface area contributed by atoms with Gasteiger partial charge in [-0.1, -0.05) is 0 Å². The summed E-state index contributed by atoms with van der Waals surface area (Å²) in [5, 5.41) is 8.82. The standard InChI is InChI=1S/C13H18N2O4S/c1-2-15(9-13(16)17)11-5-7-12(8-6-11)20(18,19)14-10-3-4-10/h5-8,10,14H,2-4,9H2,1H3,(H,16,17). The van der Waals surface area contributed by atoms with Crippen molar-refractivity contribution in [2.45, 2.75) is 30.7 Å². The largest absolute Gasteiger partial charge is 0.480 e. The molecule has 0 heterocycles. The Balaban J connectivity index is 2.14. The number of hydrogen-bond donors (Lipinski definition) is 2. The fraction of sp³-hybridized carbons (Fsp3) is 0.462. The van der Waals surface area contributed by atoms with E-state index in [1.807, 2.05) is 6.92 Å². The molecule has 1 saturated carbocycles. The number of anilines is 1. The number of sulfonamides is 1. The Morgan fingerprint density at radius 1 is 1.35 bits per heavy atom. The maximum Gasteiger partial charge on any atom is 0.323 e. The van der Waals surface area contributed by atoms with Crippen LogP contribution in [0.15, 0.2) is 29.2 Å². The van der Waals surface area contributed by atoms with Gasteiger partial charge in [-0.05, 0) is 44.0 Å². The van der Waals surface area contributed by atoms with E-state index in [4.69, 9.17) is 5.11 Å². The van der Waals surface area contributed by atoms with Crippen molar-refractivity contribution >= 4 is 21.7 Å². The van der Waals surface area contributed by atoms with Crippen LogP contribution in [0.4, 0.5) is 5.69 Å². The number of aliphatic carboxylic acids is 1. The summed E-state index contributed by atoms with van der Waals surface area (Å²) in [5.74, 6) is -0.918. The van der Waals surface area contributed by atoms with Crippen LogP contribution in [0, 0.1) is 0 Å². The van der Waals surface area contributed by atoms with Gasteiger partial charge in [-0.25, -0.2) is 13.1 Å². The van der Waals surface area contributed by atoms with Crippen molar-refractivity contribution in [1.29, 1.82) is 0 Å². The minimum absolute atomic E-state index is 0.0684. The van der Waals surface area contributed by atoms with Gasteiger partial charge in [0.1, 0.15) is 6.54 Å². The monoisotopic (exact) mass is 298 g/mol. The highest BCUT2D eigenvalue weighted by Gasteiger charge is 2.27. The molecule has 0 saturated heterocycles. The first-order valence-electron chi connectivity index (χ1n) is 6.51. The van der Waals surface area contributed by atoms with Crippen LogP contribution in [0.3, 0.4) is 0 Å². The zero-order chi connectivity index (χ0) is 14.8. The number of benzene rings is 1. The van der Waals surface area contributed by atoms with E-state index in [9.17, 15) is 13.2 Å². The van der Waals surface area contributed by atoms with E-state index >= 15 is 0 Å². The Morgan fingerprint density at radius 2 is 1.95 bits per heavy atom. The zero-order valence-electron chi connectivity index (χ0n) is 11.2. The molecule has 1 aliphatic carbocycles. The molecule has 1 fully saturated rings. The third-order valence-electron chi connectivity index (χ3n) is 3.12. The van der Waals surface area contributed by atoms with Crippen LogP contribution in [0.1, 0.15) is 19.8 Å². The molecular formula is C13H18N2O4S. The smallest absolute Gasteiger partial charge is 0.323 e. The molecule has 0 aliphatic heterocycles. The Morgan fingerprint density at radius 3 is 2.40 bits per heavy atom. The van der Waals surface area contributed by atoms with E-state index in [2.05, 4.69) is 4.72 Å². The summed E-state index contributed by atoms with van der Waals surface area (Å²) in [6, 6.07) is 6.34. The molecule has 0 bridgehead atoms. The van der Waals surface area contributed by atoms with Gasteiger partial charge in [-0.2, -0.15) is 0 Å². The normalized spacial score (nSPS) is 15.1. The summed E-state index contributed by atoms with van der Waals surface area (Å²) < 4.78 is 26.6. The number of likely N-dealkylation sites (N-methyl/N-ethyl adjacent to an activating group) is 1. The first kappa shape index (κ1) is 14.8. The Labute approximate surface area is 118 Å². The summed E-state index contributed by atoms with van der Waals surface area (Å²) in [6.45, 7) is 2.28. The SMILES string of the molecule is CCN(CC(=O)O)c1ccc(S(=O)(=O)NC2CC2)cc1. The average molecular weight is 298 g/mol. The van der Waals surface area contributed by atoms with Gasteiger partial charge in [0.15, 0.2) is 0 Å². The van der Waals surface area contributed by atoms with E-state index < -0.39 is 16.0 Å². The van der Waals surface area contributed by atoms with Crippen molar-refractivity contribution in [3.63, 3.8) is 0 Å². The predicted octanol–water partition coefficient (Wildman–Crippen LogP) is 1.04. The quantitative estimate of drug-likeness (QED) is 0.785. The van der Waals surface area contributed by atoms with Crippen molar-refractivity contribution in [2.24, 2.45) is 0 Å². The number of hydrogen-bond acceptors (Lipinski definition) is 4. The van der Waals surface area contributed by atoms with Crippen LogP contribution >= 0.6 is 0 Å². The van der Waals surface area contributed by atoms with Crippen LogP contribution in [-0.2, 0) is 14.8 Å². The van der Waals surface area contributed by atoms with Gasteiger partial charge in [-0.15, -0.1) is 0 Å². The highest BCUT2D eigenvalue weighted by atomic mass is 32.2. The average Bonchev–Trinajstić information content (AvgIpc) is 3.19. The highest BCUT2D eigenvalue weighted by molar-refractivity contribution is 7.89. The molecule has 20 heavy (non-hydrogen) atoms. The number of nitrogens with one attached hydrogen (secondary N) is 1. The molecule has 1 aromatic rings. The molecule has 0 aromatic heterocycles. The fourth-order valence-electron chi connectivity index (χ4n) is 1.87. The number of carboxylic acids is 1. The molecule has 0 atom stereocenters. The summed E-state index contributed by atoms with van der Waals surface area (Å²) in [6.07, 6.45) is 1.78. The summed E-state index contributed by atoms with van der Waals surface area (Å²) in [7, 11) is -3.45. The number of carboxylic acid groups (broad SMARTS) is 1. The predicted molar refractivity (Wildman–Crippen MR) is 75.3 cm³/mol. The summed E-state index contributed by atoms with van der Waals surface area (Å²) in [4.78, 5) is 12.6. The second kappa shape index (κ2) is 5.80. The number of rotatable bonds is 7. The third kappa shape index (κ3) is 3.71. The van der Waals surface area contributed by atoms with Gasteiger partial charge in [0.05, 0.1) is 4.90 Å². The van der Waals surface area contributed by atoms with Gasteiger partial charge in [0, 0.05) is 18.3 Å². The van der Waals surface area contributed by atoms with Gasteiger partial charge in [0.25, 0.3) is 0 Å². The van der Waals surface area contributed by atoms with Crippen LogP contribution in [0.25, 0.3) is 0 Å². The van der Waals surface area contributed by atoms with Gasteiger partial charge in [0.2, 0.25) is 10.0 Å². The first-order valence-corrected chi connectivity index (χ1v) is 8.00. The van der Waals surface area contributed by atoms with E-state index in [0.29, 0.717) is 12.2 Å². The highest BCUT2D eigenvalue weighted by Crippen LogP contribution is 2.23. The minimum Gasteiger partial charge on any atom is -0.480 e. The van der Waals surface area contributed by atoms with Crippen molar-refractivity contribution in [3.8, 4) is 0 Å². The van der Waals surface area contributed by atoms with Crippen molar-refractivity contribution in [2.75, 3.05) is 18.0 Å². The second-order valence-corrected chi connectivity index (χ2v) is 6.51. The van der Waals surface area contributed by atoms with Gasteiger partial charge in [-0.3, -0.25) is 4.79 Å². The molecule has 110 valence electrons. The van der Waals surface area contributed by atoms with Crippen LogP contribution in [0.5, 0.6) is 0 Å². The van der Waals surface area contributed by atoms with Crippen molar-refractivity contribution in [1.82, 2.24) is 4.72 Å². The lowest BCUT2D eigenvalue weighted by atomic mass is 10.3. The lowest BCUT2D eigenvalue weighted by Crippen LogP contribution is -2.29. The maximum atomic E-state index is 12.0. The van der Waals surface area contributed by atoms with E-state index in [1.165, 1.54) is 12.1 Å². The number of nitrogens with zero attached hydrogens (tertiary/aromatic N) is 1. The maximum absolute atomic E-state index is 12.0. The number of carbonyl (C=O) groups is 1. The molecule has 2 rings (SSSR count). The molecule has 7 heteroatoms. The Bertz CT molecular complexity index is 579. The molecule has 6 nitrogen and oxygen atoms in total. The Kier molecular flexibility index (Phi) is 4.29. The lowest BCUT2D eigenvalue weighted by Gasteiger charge is -2.21. The summed E-state index contributed by atoms with van der Waals surface area (Å²) in [5.41, 5.74) is 0.695. The van der Waals surface area contributed by atoms with Crippen LogP contribution < -0.4 is 9.62 Å².